The lowest BCUT2D eigenvalue weighted by atomic mass is 10.0. The molecule has 6 aromatic rings. The van der Waals surface area contributed by atoms with Crippen LogP contribution in [-0.4, -0.2) is 31.0 Å². The molecule has 206 valence electrons. The molecule has 7 nitrogen and oxygen atoms in total. The first-order valence-corrected chi connectivity index (χ1v) is 14.7. The van der Waals surface area contributed by atoms with Crippen LogP contribution >= 0.6 is 34.5 Å². The Morgan fingerprint density at radius 1 is 1.02 bits per heavy atom. The number of aromatic nitrogens is 5. The maximum absolute atomic E-state index is 13.4. The van der Waals surface area contributed by atoms with Gasteiger partial charge in [0.25, 0.3) is 5.56 Å². The predicted molar refractivity (Wildman–Crippen MR) is 166 cm³/mol. The SMILES string of the molecule is CCCCOc1ccc(-c2nn(-c3ccccc3)cc2C=c2sc3nc(-c4ccc(Cl)cc4Cl)nn3c2=O)cc1C. The highest BCUT2D eigenvalue weighted by Gasteiger charge is 2.17. The van der Waals surface area contributed by atoms with Crippen molar-refractivity contribution < 1.29 is 4.74 Å². The quantitative estimate of drug-likeness (QED) is 0.175. The summed E-state index contributed by atoms with van der Waals surface area (Å²) in [5, 5.41) is 10.3. The summed E-state index contributed by atoms with van der Waals surface area (Å²) in [5.74, 6) is 1.23. The van der Waals surface area contributed by atoms with Crippen LogP contribution in [0.1, 0.15) is 30.9 Å². The van der Waals surface area contributed by atoms with Crippen LogP contribution in [0.2, 0.25) is 10.0 Å². The van der Waals surface area contributed by atoms with Gasteiger partial charge in [-0.05, 0) is 73.5 Å². The highest BCUT2D eigenvalue weighted by Crippen LogP contribution is 2.30. The van der Waals surface area contributed by atoms with Crippen molar-refractivity contribution >= 4 is 45.6 Å². The number of aryl methyl sites for hydroxylation is 1. The van der Waals surface area contributed by atoms with Gasteiger partial charge in [0, 0.05) is 27.9 Å². The van der Waals surface area contributed by atoms with Gasteiger partial charge in [-0.2, -0.15) is 14.6 Å². The molecule has 0 unspecified atom stereocenters. The number of halogens is 2. The van der Waals surface area contributed by atoms with Gasteiger partial charge in [0.1, 0.15) is 11.4 Å². The lowest BCUT2D eigenvalue weighted by Gasteiger charge is -2.10. The van der Waals surface area contributed by atoms with Crippen LogP contribution in [0.25, 0.3) is 39.4 Å². The smallest absolute Gasteiger partial charge is 0.291 e. The average molecular weight is 603 g/mol. The van der Waals surface area contributed by atoms with Gasteiger partial charge >= 0.3 is 0 Å². The molecule has 0 aliphatic carbocycles. The minimum absolute atomic E-state index is 0.261. The van der Waals surface area contributed by atoms with Gasteiger partial charge in [-0.25, -0.2) is 4.68 Å². The van der Waals surface area contributed by atoms with Crippen LogP contribution in [0.5, 0.6) is 5.75 Å². The lowest BCUT2D eigenvalue weighted by molar-refractivity contribution is 0.307. The Hall–Kier alpha value is -3.98. The van der Waals surface area contributed by atoms with Crippen LogP contribution in [0.4, 0.5) is 0 Å². The number of hydrogen-bond donors (Lipinski definition) is 0. The highest BCUT2D eigenvalue weighted by molar-refractivity contribution is 7.15. The molecule has 0 saturated heterocycles. The Balaban J connectivity index is 1.43. The lowest BCUT2D eigenvalue weighted by Crippen LogP contribution is -2.23. The molecule has 0 aliphatic heterocycles. The minimum atomic E-state index is -0.261. The van der Waals surface area contributed by atoms with Crippen molar-refractivity contribution in [3.63, 3.8) is 0 Å². The molecule has 41 heavy (non-hydrogen) atoms. The van der Waals surface area contributed by atoms with Gasteiger partial charge < -0.3 is 4.74 Å². The molecule has 0 aliphatic rings. The second-order valence-electron chi connectivity index (χ2n) is 9.57. The molecule has 0 fully saturated rings. The first-order valence-electron chi connectivity index (χ1n) is 13.2. The van der Waals surface area contributed by atoms with Crippen molar-refractivity contribution in [3.8, 4) is 34.1 Å². The van der Waals surface area contributed by atoms with Gasteiger partial charge in [0.15, 0.2) is 5.82 Å². The van der Waals surface area contributed by atoms with Crippen LogP contribution in [0.15, 0.2) is 77.7 Å². The number of rotatable bonds is 8. The molecular formula is C31H25Cl2N5O2S. The highest BCUT2D eigenvalue weighted by atomic mass is 35.5. The third-order valence-corrected chi connectivity index (χ3v) is 8.11. The second kappa shape index (κ2) is 11.5. The Morgan fingerprint density at radius 3 is 2.59 bits per heavy atom. The van der Waals surface area contributed by atoms with E-state index in [-0.39, 0.29) is 5.56 Å². The van der Waals surface area contributed by atoms with Gasteiger partial charge in [0.05, 0.1) is 21.8 Å². The summed E-state index contributed by atoms with van der Waals surface area (Å²) in [6.45, 7) is 4.86. The predicted octanol–water partition coefficient (Wildman–Crippen LogP) is 7.01. The maximum Gasteiger partial charge on any atom is 0.291 e. The zero-order valence-corrected chi connectivity index (χ0v) is 24.7. The summed E-state index contributed by atoms with van der Waals surface area (Å²) in [4.78, 5) is 18.5. The molecule has 3 heterocycles. The third kappa shape index (κ3) is 5.51. The fourth-order valence-electron chi connectivity index (χ4n) is 4.48. The number of benzene rings is 3. The van der Waals surface area contributed by atoms with Crippen LogP contribution in [0, 0.1) is 6.92 Å². The fraction of sp³-hybridized carbons (Fsp3) is 0.161. The number of ether oxygens (including phenoxy) is 1. The summed E-state index contributed by atoms with van der Waals surface area (Å²) in [6.07, 6.45) is 5.86. The molecule has 0 bridgehead atoms. The van der Waals surface area contributed by atoms with Crippen molar-refractivity contribution in [2.75, 3.05) is 6.61 Å². The first-order chi connectivity index (χ1) is 19.9. The summed E-state index contributed by atoms with van der Waals surface area (Å²) >= 11 is 13.6. The number of hydrogen-bond acceptors (Lipinski definition) is 6. The second-order valence-corrected chi connectivity index (χ2v) is 11.4. The number of unbranched alkanes of at least 4 members (excludes halogenated alkanes) is 1. The molecule has 0 amide bonds. The van der Waals surface area contributed by atoms with Gasteiger partial charge in [-0.15, -0.1) is 5.10 Å². The summed E-state index contributed by atoms with van der Waals surface area (Å²) in [6, 6.07) is 21.0. The van der Waals surface area contributed by atoms with Crippen molar-refractivity contribution in [1.82, 2.24) is 24.4 Å². The van der Waals surface area contributed by atoms with E-state index >= 15 is 0 Å². The Morgan fingerprint density at radius 2 is 1.85 bits per heavy atom. The number of nitrogens with zero attached hydrogens (tertiary/aromatic N) is 5. The van der Waals surface area contributed by atoms with Gasteiger partial charge in [-0.1, -0.05) is 66.1 Å². The van der Waals surface area contributed by atoms with E-state index in [4.69, 9.17) is 33.0 Å². The van der Waals surface area contributed by atoms with E-state index in [0.29, 0.717) is 37.5 Å². The average Bonchev–Trinajstić information content (AvgIpc) is 3.65. The van der Waals surface area contributed by atoms with Gasteiger partial charge in [0.2, 0.25) is 4.96 Å². The Bertz CT molecular complexity index is 1980. The zero-order chi connectivity index (χ0) is 28.5. The molecule has 3 aromatic heterocycles. The molecule has 0 radical (unpaired) electrons. The van der Waals surface area contributed by atoms with E-state index in [1.807, 2.05) is 66.3 Å². The van der Waals surface area contributed by atoms with Crippen LogP contribution in [-0.2, 0) is 0 Å². The van der Waals surface area contributed by atoms with Crippen molar-refractivity contribution in [1.29, 1.82) is 0 Å². The number of para-hydroxylation sites is 1. The van der Waals surface area contributed by atoms with Crippen molar-refractivity contribution in [2.45, 2.75) is 26.7 Å². The van der Waals surface area contributed by atoms with Crippen molar-refractivity contribution in [2.24, 2.45) is 0 Å². The standard InChI is InChI=1S/C31H25Cl2N5O2S/c1-3-4-14-40-26-13-10-20(15-19(26)2)28-21(18-37(35-28)23-8-6-5-7-9-23)16-27-30(39)38-31(41-27)34-29(36-38)24-12-11-22(32)17-25(24)33/h5-13,15-18H,3-4,14H2,1-2H3. The molecule has 0 spiro atoms. The van der Waals surface area contributed by atoms with E-state index in [9.17, 15) is 4.79 Å². The van der Waals surface area contributed by atoms with E-state index in [1.54, 1.807) is 18.2 Å². The molecular weight excluding hydrogens is 577 g/mol. The number of thiazole rings is 1. The normalized spacial score (nSPS) is 12.0. The molecule has 10 heteroatoms. The molecule has 3 aromatic carbocycles. The van der Waals surface area contributed by atoms with Crippen molar-refractivity contribution in [3.05, 3.63) is 109 Å². The molecule has 0 saturated carbocycles. The summed E-state index contributed by atoms with van der Waals surface area (Å²) < 4.78 is 9.59. The molecule has 6 rings (SSSR count). The minimum Gasteiger partial charge on any atom is -0.493 e. The fourth-order valence-corrected chi connectivity index (χ4v) is 5.87. The summed E-state index contributed by atoms with van der Waals surface area (Å²) in [5.41, 5.74) is 4.77. The largest absolute Gasteiger partial charge is 0.493 e. The van der Waals surface area contributed by atoms with Crippen LogP contribution < -0.4 is 14.8 Å². The maximum atomic E-state index is 13.4. The van der Waals surface area contributed by atoms with Gasteiger partial charge in [-0.3, -0.25) is 4.79 Å². The van der Waals surface area contributed by atoms with E-state index < -0.39 is 0 Å². The molecule has 0 N–H and O–H groups in total. The Labute approximate surface area is 250 Å². The van der Waals surface area contributed by atoms with E-state index in [0.717, 1.165) is 46.7 Å². The van der Waals surface area contributed by atoms with Crippen LogP contribution in [0.3, 0.4) is 0 Å². The van der Waals surface area contributed by atoms with E-state index in [1.165, 1.54) is 15.9 Å². The Kier molecular flexibility index (Phi) is 7.62. The first kappa shape index (κ1) is 27.2. The third-order valence-electron chi connectivity index (χ3n) is 6.61. The number of fused-ring (bicyclic) bond motifs is 1. The summed E-state index contributed by atoms with van der Waals surface area (Å²) in [7, 11) is 0. The molecule has 0 atom stereocenters. The topological polar surface area (TPSA) is 74.3 Å². The monoisotopic (exact) mass is 601 g/mol. The van der Waals surface area contributed by atoms with E-state index in [2.05, 4.69) is 23.1 Å². The zero-order valence-electron chi connectivity index (χ0n) is 22.3.